The molecular formula is C27H32N2O4S. The van der Waals surface area contributed by atoms with Crippen LogP contribution in [0.1, 0.15) is 40.4 Å². The molecule has 1 amide bonds. The molecule has 0 aliphatic carbocycles. The molecule has 0 aliphatic rings. The van der Waals surface area contributed by atoms with Crippen LogP contribution < -0.4 is 14.4 Å². The number of hydrogen-bond acceptors (Lipinski definition) is 4. The average molecular weight is 481 g/mol. The molecule has 0 unspecified atom stereocenters. The standard InChI is InChI=1S/C27H32N2O4S/c1-4-6-22-11-15-26(16-12-22)33-18-17-28-27(30)24-13-9-23(10-14-24)20-29(34(3,31)32)25-8-5-7-21(2)19-25/h5,7-16,19H,4,6,17-18,20H2,1-3H3,(H,28,30). The largest absolute Gasteiger partial charge is 0.492 e. The van der Waals surface area contributed by atoms with Gasteiger partial charge in [0.25, 0.3) is 5.91 Å². The monoisotopic (exact) mass is 480 g/mol. The first-order valence-corrected chi connectivity index (χ1v) is 13.2. The summed E-state index contributed by atoms with van der Waals surface area (Å²) in [5, 5.41) is 2.85. The van der Waals surface area contributed by atoms with Crippen molar-refractivity contribution in [1.82, 2.24) is 5.32 Å². The molecule has 0 saturated carbocycles. The van der Waals surface area contributed by atoms with Gasteiger partial charge in [-0.1, -0.05) is 49.7 Å². The summed E-state index contributed by atoms with van der Waals surface area (Å²) in [6.07, 6.45) is 3.35. The normalized spacial score (nSPS) is 11.1. The van der Waals surface area contributed by atoms with E-state index in [9.17, 15) is 13.2 Å². The van der Waals surface area contributed by atoms with Crippen molar-refractivity contribution in [3.05, 3.63) is 95.1 Å². The fourth-order valence-corrected chi connectivity index (χ4v) is 4.47. The molecular weight excluding hydrogens is 448 g/mol. The van der Waals surface area contributed by atoms with Crippen LogP contribution in [0.15, 0.2) is 72.8 Å². The minimum absolute atomic E-state index is 0.190. The van der Waals surface area contributed by atoms with E-state index in [2.05, 4.69) is 24.4 Å². The van der Waals surface area contributed by atoms with Gasteiger partial charge in [0.05, 0.1) is 25.0 Å². The Hall–Kier alpha value is -3.32. The number of carbonyl (C=O) groups is 1. The molecule has 0 bridgehead atoms. The van der Waals surface area contributed by atoms with Gasteiger partial charge in [0.15, 0.2) is 0 Å². The van der Waals surface area contributed by atoms with E-state index in [1.165, 1.54) is 16.1 Å². The van der Waals surface area contributed by atoms with Crippen LogP contribution in [0.25, 0.3) is 0 Å². The third kappa shape index (κ3) is 7.35. The molecule has 0 fully saturated rings. The van der Waals surface area contributed by atoms with Gasteiger partial charge in [-0.25, -0.2) is 8.42 Å². The maximum atomic E-state index is 12.5. The summed E-state index contributed by atoms with van der Waals surface area (Å²) >= 11 is 0. The van der Waals surface area contributed by atoms with E-state index in [-0.39, 0.29) is 12.5 Å². The van der Waals surface area contributed by atoms with Gasteiger partial charge in [-0.15, -0.1) is 0 Å². The maximum Gasteiger partial charge on any atom is 0.251 e. The Morgan fingerprint density at radius 1 is 0.971 bits per heavy atom. The Balaban J connectivity index is 1.53. The lowest BCUT2D eigenvalue weighted by atomic mass is 10.1. The minimum Gasteiger partial charge on any atom is -0.492 e. The van der Waals surface area contributed by atoms with Gasteiger partial charge in [0.2, 0.25) is 10.0 Å². The van der Waals surface area contributed by atoms with Crippen molar-refractivity contribution in [3.63, 3.8) is 0 Å². The zero-order valence-electron chi connectivity index (χ0n) is 20.0. The van der Waals surface area contributed by atoms with Gasteiger partial charge in [-0.05, 0) is 66.4 Å². The number of nitrogens with one attached hydrogen (secondary N) is 1. The Labute approximate surface area is 202 Å². The lowest BCUT2D eigenvalue weighted by Gasteiger charge is -2.23. The molecule has 0 heterocycles. The van der Waals surface area contributed by atoms with Crippen molar-refractivity contribution in [3.8, 4) is 5.75 Å². The lowest BCUT2D eigenvalue weighted by Crippen LogP contribution is -2.29. The van der Waals surface area contributed by atoms with Crippen LogP contribution in [0.4, 0.5) is 5.69 Å². The summed E-state index contributed by atoms with van der Waals surface area (Å²) in [6.45, 7) is 5.01. The maximum absolute atomic E-state index is 12.5. The highest BCUT2D eigenvalue weighted by molar-refractivity contribution is 7.92. The minimum atomic E-state index is -3.46. The van der Waals surface area contributed by atoms with Gasteiger partial charge >= 0.3 is 0 Å². The first-order valence-electron chi connectivity index (χ1n) is 11.4. The molecule has 1 N–H and O–H groups in total. The molecule has 7 heteroatoms. The summed E-state index contributed by atoms with van der Waals surface area (Å²) in [6, 6.07) is 22.3. The summed E-state index contributed by atoms with van der Waals surface area (Å²) in [7, 11) is -3.46. The second kappa shape index (κ2) is 11.7. The van der Waals surface area contributed by atoms with Crippen LogP contribution in [0.3, 0.4) is 0 Å². The van der Waals surface area contributed by atoms with Crippen molar-refractivity contribution in [2.45, 2.75) is 33.2 Å². The zero-order chi connectivity index (χ0) is 24.6. The highest BCUT2D eigenvalue weighted by Crippen LogP contribution is 2.22. The van der Waals surface area contributed by atoms with Gasteiger partial charge in [0.1, 0.15) is 12.4 Å². The van der Waals surface area contributed by atoms with Crippen LogP contribution in [0.2, 0.25) is 0 Å². The number of ether oxygens (including phenoxy) is 1. The quantitative estimate of drug-likeness (QED) is 0.403. The molecule has 0 aromatic heterocycles. The van der Waals surface area contributed by atoms with Crippen molar-refractivity contribution >= 4 is 21.6 Å². The summed E-state index contributed by atoms with van der Waals surface area (Å²) in [4.78, 5) is 12.5. The topological polar surface area (TPSA) is 75.7 Å². The predicted octanol–water partition coefficient (Wildman–Crippen LogP) is 4.72. The van der Waals surface area contributed by atoms with Crippen LogP contribution in [0.5, 0.6) is 5.75 Å². The average Bonchev–Trinajstić information content (AvgIpc) is 2.81. The van der Waals surface area contributed by atoms with Crippen molar-refractivity contribution in [2.75, 3.05) is 23.7 Å². The molecule has 3 aromatic carbocycles. The van der Waals surface area contributed by atoms with Gasteiger partial charge in [-0.3, -0.25) is 9.10 Å². The highest BCUT2D eigenvalue weighted by atomic mass is 32.2. The molecule has 6 nitrogen and oxygen atoms in total. The molecule has 0 atom stereocenters. The van der Waals surface area contributed by atoms with Gasteiger partial charge < -0.3 is 10.1 Å². The number of aryl methyl sites for hydroxylation is 2. The van der Waals surface area contributed by atoms with Crippen LogP contribution >= 0.6 is 0 Å². The number of rotatable bonds is 11. The van der Waals surface area contributed by atoms with E-state index in [1.54, 1.807) is 30.3 Å². The van der Waals surface area contributed by atoms with E-state index in [0.717, 1.165) is 29.7 Å². The van der Waals surface area contributed by atoms with Crippen LogP contribution in [-0.2, 0) is 23.0 Å². The Morgan fingerprint density at radius 3 is 2.26 bits per heavy atom. The number of hydrogen-bond donors (Lipinski definition) is 1. The van der Waals surface area contributed by atoms with E-state index < -0.39 is 10.0 Å². The number of amides is 1. The molecule has 3 rings (SSSR count). The smallest absolute Gasteiger partial charge is 0.251 e. The first-order chi connectivity index (χ1) is 16.3. The molecule has 0 radical (unpaired) electrons. The zero-order valence-corrected chi connectivity index (χ0v) is 20.8. The van der Waals surface area contributed by atoms with E-state index in [1.807, 2.05) is 37.3 Å². The summed E-state index contributed by atoms with van der Waals surface area (Å²) < 4.78 is 31.8. The molecule has 0 aliphatic heterocycles. The SMILES string of the molecule is CCCc1ccc(OCCNC(=O)c2ccc(CN(c3cccc(C)c3)S(C)(=O)=O)cc2)cc1. The molecule has 3 aromatic rings. The number of sulfonamides is 1. The van der Waals surface area contributed by atoms with Crippen LogP contribution in [-0.4, -0.2) is 33.7 Å². The van der Waals surface area contributed by atoms with Gasteiger partial charge in [-0.2, -0.15) is 0 Å². The molecule has 0 saturated heterocycles. The fourth-order valence-electron chi connectivity index (χ4n) is 3.59. The van der Waals surface area contributed by atoms with E-state index >= 15 is 0 Å². The van der Waals surface area contributed by atoms with Crippen molar-refractivity contribution in [2.24, 2.45) is 0 Å². The number of benzene rings is 3. The van der Waals surface area contributed by atoms with Crippen LogP contribution in [0, 0.1) is 6.92 Å². The third-order valence-electron chi connectivity index (χ3n) is 5.35. The van der Waals surface area contributed by atoms with Gasteiger partial charge in [0, 0.05) is 5.56 Å². The third-order valence-corrected chi connectivity index (χ3v) is 6.49. The Morgan fingerprint density at radius 2 is 1.65 bits per heavy atom. The summed E-state index contributed by atoms with van der Waals surface area (Å²) in [5.41, 5.74) is 4.18. The molecule has 180 valence electrons. The number of nitrogens with zero attached hydrogens (tertiary/aromatic N) is 1. The summed E-state index contributed by atoms with van der Waals surface area (Å²) in [5.74, 6) is 0.578. The second-order valence-electron chi connectivity index (χ2n) is 8.30. The molecule has 0 spiro atoms. The predicted molar refractivity (Wildman–Crippen MR) is 137 cm³/mol. The van der Waals surface area contributed by atoms with Crippen molar-refractivity contribution in [1.29, 1.82) is 0 Å². The Kier molecular flexibility index (Phi) is 8.71. The fraction of sp³-hybridized carbons (Fsp3) is 0.296. The number of carbonyl (C=O) groups excluding carboxylic acids is 1. The highest BCUT2D eigenvalue weighted by Gasteiger charge is 2.18. The van der Waals surface area contributed by atoms with E-state index in [0.29, 0.717) is 24.4 Å². The second-order valence-corrected chi connectivity index (χ2v) is 10.2. The Bertz CT molecular complexity index is 1190. The molecule has 34 heavy (non-hydrogen) atoms. The first kappa shape index (κ1) is 25.3. The number of anilines is 1. The van der Waals surface area contributed by atoms with E-state index in [4.69, 9.17) is 4.74 Å². The van der Waals surface area contributed by atoms with Crippen molar-refractivity contribution < 1.29 is 17.9 Å². The lowest BCUT2D eigenvalue weighted by molar-refractivity contribution is 0.0947.